The summed E-state index contributed by atoms with van der Waals surface area (Å²) in [5, 5.41) is 2.78. The van der Waals surface area contributed by atoms with Crippen molar-refractivity contribution in [2.75, 3.05) is 6.61 Å². The fraction of sp³-hybridized carbons (Fsp3) is 0.167. The summed E-state index contributed by atoms with van der Waals surface area (Å²) < 4.78 is 20.4. The summed E-state index contributed by atoms with van der Waals surface area (Å²) in [5.41, 5.74) is 0.882. The average molecular weight is 340 g/mol. The number of hydrogen-bond acceptors (Lipinski definition) is 4. The van der Waals surface area contributed by atoms with Gasteiger partial charge in [0, 0.05) is 25.1 Å². The lowest BCUT2D eigenvalue weighted by atomic mass is 10.2. The number of imidazole rings is 1. The average Bonchev–Trinajstić information content (AvgIpc) is 3.17. The van der Waals surface area contributed by atoms with Crippen LogP contribution in [0.25, 0.3) is 5.82 Å². The van der Waals surface area contributed by atoms with E-state index in [4.69, 9.17) is 4.74 Å². The fourth-order valence-electron chi connectivity index (χ4n) is 2.17. The van der Waals surface area contributed by atoms with Gasteiger partial charge in [0.2, 0.25) is 5.91 Å². The molecule has 0 fully saturated rings. The third-order valence-corrected chi connectivity index (χ3v) is 3.49. The van der Waals surface area contributed by atoms with E-state index in [9.17, 15) is 9.18 Å². The molecule has 128 valence electrons. The van der Waals surface area contributed by atoms with E-state index >= 15 is 0 Å². The lowest BCUT2D eigenvalue weighted by molar-refractivity contribution is -0.121. The van der Waals surface area contributed by atoms with Crippen LogP contribution in [0.2, 0.25) is 0 Å². The highest BCUT2D eigenvalue weighted by Crippen LogP contribution is 2.15. The SMILES string of the molecule is O=C(CCOc1ccccc1F)NCc1ccc(-n2ccnc2)nc1. The van der Waals surface area contributed by atoms with E-state index < -0.39 is 5.82 Å². The number of hydrogen-bond donors (Lipinski definition) is 1. The smallest absolute Gasteiger partial charge is 0.223 e. The molecule has 6 nitrogen and oxygen atoms in total. The molecule has 3 rings (SSSR count). The van der Waals surface area contributed by atoms with E-state index in [0.717, 1.165) is 11.4 Å². The molecule has 0 radical (unpaired) electrons. The lowest BCUT2D eigenvalue weighted by Crippen LogP contribution is -2.24. The summed E-state index contributed by atoms with van der Waals surface area (Å²) in [7, 11) is 0. The third-order valence-electron chi connectivity index (χ3n) is 3.49. The Morgan fingerprint density at radius 2 is 2.12 bits per heavy atom. The summed E-state index contributed by atoms with van der Waals surface area (Å²) in [6.07, 6.45) is 7.00. The minimum atomic E-state index is -0.438. The number of halogens is 1. The molecule has 0 bridgehead atoms. The summed E-state index contributed by atoms with van der Waals surface area (Å²) in [6.45, 7) is 0.486. The maximum Gasteiger partial charge on any atom is 0.223 e. The van der Waals surface area contributed by atoms with Crippen LogP contribution in [-0.4, -0.2) is 27.0 Å². The summed E-state index contributed by atoms with van der Waals surface area (Å²) in [4.78, 5) is 20.1. The fourth-order valence-corrected chi connectivity index (χ4v) is 2.17. The van der Waals surface area contributed by atoms with Gasteiger partial charge in [0.05, 0.1) is 13.0 Å². The van der Waals surface area contributed by atoms with Crippen LogP contribution in [0.3, 0.4) is 0 Å². The number of para-hydroxylation sites is 1. The zero-order valence-electron chi connectivity index (χ0n) is 13.4. The van der Waals surface area contributed by atoms with Crippen LogP contribution in [0, 0.1) is 5.82 Å². The highest BCUT2D eigenvalue weighted by molar-refractivity contribution is 5.75. The molecule has 0 aliphatic carbocycles. The second-order valence-electron chi connectivity index (χ2n) is 5.30. The van der Waals surface area contributed by atoms with Gasteiger partial charge in [-0.1, -0.05) is 18.2 Å². The predicted octanol–water partition coefficient (Wildman–Crippen LogP) is 2.49. The van der Waals surface area contributed by atoms with Crippen molar-refractivity contribution < 1.29 is 13.9 Å². The molecule has 7 heteroatoms. The maximum atomic E-state index is 13.4. The van der Waals surface area contributed by atoms with Crippen LogP contribution in [0.5, 0.6) is 5.75 Å². The molecule has 0 atom stereocenters. The molecule has 0 saturated heterocycles. The first-order valence-electron chi connectivity index (χ1n) is 7.79. The molecule has 2 heterocycles. The monoisotopic (exact) mass is 340 g/mol. The predicted molar refractivity (Wildman–Crippen MR) is 89.7 cm³/mol. The molecule has 0 saturated carbocycles. The topological polar surface area (TPSA) is 69.0 Å². The quantitative estimate of drug-likeness (QED) is 0.717. The van der Waals surface area contributed by atoms with Crippen LogP contribution in [0.1, 0.15) is 12.0 Å². The van der Waals surface area contributed by atoms with Gasteiger partial charge in [0.25, 0.3) is 0 Å². The Hall–Kier alpha value is -3.22. The van der Waals surface area contributed by atoms with Gasteiger partial charge in [-0.15, -0.1) is 0 Å². The van der Waals surface area contributed by atoms with Gasteiger partial charge in [0.1, 0.15) is 12.1 Å². The Labute approximate surface area is 144 Å². The number of aromatic nitrogens is 3. The van der Waals surface area contributed by atoms with Crippen molar-refractivity contribution in [1.82, 2.24) is 19.9 Å². The van der Waals surface area contributed by atoms with E-state index in [1.165, 1.54) is 12.1 Å². The van der Waals surface area contributed by atoms with Gasteiger partial charge in [-0.25, -0.2) is 14.4 Å². The number of benzene rings is 1. The Balaban J connectivity index is 1.42. The zero-order chi connectivity index (χ0) is 17.5. The minimum Gasteiger partial charge on any atom is -0.490 e. The van der Waals surface area contributed by atoms with Crippen molar-refractivity contribution in [3.05, 3.63) is 72.7 Å². The normalized spacial score (nSPS) is 10.4. The van der Waals surface area contributed by atoms with Crippen LogP contribution in [0.4, 0.5) is 4.39 Å². The molecular weight excluding hydrogens is 323 g/mol. The number of carbonyl (C=O) groups is 1. The molecule has 0 aliphatic heterocycles. The lowest BCUT2D eigenvalue weighted by Gasteiger charge is -2.08. The first-order valence-corrected chi connectivity index (χ1v) is 7.79. The Bertz CT molecular complexity index is 819. The minimum absolute atomic E-state index is 0.116. The van der Waals surface area contributed by atoms with E-state index in [0.29, 0.717) is 6.54 Å². The van der Waals surface area contributed by atoms with Crippen molar-refractivity contribution in [1.29, 1.82) is 0 Å². The largest absolute Gasteiger partial charge is 0.490 e. The van der Waals surface area contributed by atoms with Crippen molar-refractivity contribution in [2.45, 2.75) is 13.0 Å². The Kier molecular flexibility index (Phi) is 5.36. The van der Waals surface area contributed by atoms with Gasteiger partial charge in [-0.05, 0) is 23.8 Å². The first-order chi connectivity index (χ1) is 12.2. The number of nitrogens with one attached hydrogen (secondary N) is 1. The van der Waals surface area contributed by atoms with E-state index in [2.05, 4.69) is 15.3 Å². The number of rotatable bonds is 7. The van der Waals surface area contributed by atoms with Crippen LogP contribution in [-0.2, 0) is 11.3 Å². The molecule has 0 aliphatic rings. The van der Waals surface area contributed by atoms with Crippen molar-refractivity contribution in [3.8, 4) is 11.6 Å². The number of ether oxygens (including phenoxy) is 1. The van der Waals surface area contributed by atoms with Gasteiger partial charge in [0.15, 0.2) is 11.6 Å². The number of pyridine rings is 1. The van der Waals surface area contributed by atoms with Gasteiger partial charge >= 0.3 is 0 Å². The molecular formula is C18H17FN4O2. The third kappa shape index (κ3) is 4.63. The van der Waals surface area contributed by atoms with E-state index in [1.54, 1.807) is 41.6 Å². The van der Waals surface area contributed by atoms with Crippen molar-refractivity contribution in [2.24, 2.45) is 0 Å². The second kappa shape index (κ2) is 8.05. The van der Waals surface area contributed by atoms with Crippen molar-refractivity contribution >= 4 is 5.91 Å². The molecule has 1 N–H and O–H groups in total. The van der Waals surface area contributed by atoms with E-state index in [-0.39, 0.29) is 24.7 Å². The Morgan fingerprint density at radius 1 is 1.24 bits per heavy atom. The van der Waals surface area contributed by atoms with Gasteiger partial charge in [-0.3, -0.25) is 9.36 Å². The highest BCUT2D eigenvalue weighted by atomic mass is 19.1. The number of carbonyl (C=O) groups excluding carboxylic acids is 1. The summed E-state index contributed by atoms with van der Waals surface area (Å²) in [6, 6.07) is 9.85. The maximum absolute atomic E-state index is 13.4. The second-order valence-corrected chi connectivity index (χ2v) is 5.30. The van der Waals surface area contributed by atoms with Crippen LogP contribution < -0.4 is 10.1 Å². The van der Waals surface area contributed by atoms with Crippen LogP contribution >= 0.6 is 0 Å². The van der Waals surface area contributed by atoms with Crippen molar-refractivity contribution in [3.63, 3.8) is 0 Å². The van der Waals surface area contributed by atoms with Crippen LogP contribution in [0.15, 0.2) is 61.3 Å². The van der Waals surface area contributed by atoms with Gasteiger partial charge in [-0.2, -0.15) is 0 Å². The Morgan fingerprint density at radius 3 is 2.84 bits per heavy atom. The molecule has 3 aromatic rings. The number of nitrogens with zero attached hydrogens (tertiary/aromatic N) is 3. The molecule has 2 aromatic heterocycles. The molecule has 1 amide bonds. The molecule has 1 aromatic carbocycles. The molecule has 0 spiro atoms. The van der Waals surface area contributed by atoms with Gasteiger partial charge < -0.3 is 10.1 Å². The van der Waals surface area contributed by atoms with E-state index in [1.807, 2.05) is 12.1 Å². The summed E-state index contributed by atoms with van der Waals surface area (Å²) in [5.74, 6) is 0.294. The zero-order valence-corrected chi connectivity index (χ0v) is 13.4. The first kappa shape index (κ1) is 16.6. The summed E-state index contributed by atoms with van der Waals surface area (Å²) >= 11 is 0. The standard InChI is InChI=1S/C18H17FN4O2/c19-15-3-1-2-4-16(15)25-10-7-18(24)22-12-14-5-6-17(21-11-14)23-9-8-20-13-23/h1-6,8-9,11,13H,7,10,12H2,(H,22,24). The highest BCUT2D eigenvalue weighted by Gasteiger charge is 2.05. The molecule has 0 unspecified atom stereocenters. The molecule has 25 heavy (non-hydrogen) atoms. The number of amides is 1.